The number of halogens is 1. The van der Waals surface area contributed by atoms with Gasteiger partial charge in [-0.2, -0.15) is 0 Å². The predicted molar refractivity (Wildman–Crippen MR) is 78.3 cm³/mol. The third kappa shape index (κ3) is 3.37. The monoisotopic (exact) mass is 297 g/mol. The van der Waals surface area contributed by atoms with E-state index in [-0.39, 0.29) is 17.8 Å². The summed E-state index contributed by atoms with van der Waals surface area (Å²) in [6.07, 6.45) is 0.461. The van der Waals surface area contributed by atoms with Crippen molar-refractivity contribution in [3.63, 3.8) is 0 Å². The van der Waals surface area contributed by atoms with Crippen molar-refractivity contribution >= 4 is 17.7 Å². The Bertz CT molecular complexity index is 490. The lowest BCUT2D eigenvalue weighted by molar-refractivity contribution is 0.0292. The lowest BCUT2D eigenvalue weighted by Gasteiger charge is -2.24. The summed E-state index contributed by atoms with van der Waals surface area (Å²) < 4.78 is 5.36. The molecular weight excluding hydrogens is 278 g/mol. The molecule has 1 heterocycles. The van der Waals surface area contributed by atoms with Crippen LogP contribution in [0.1, 0.15) is 38.7 Å². The fraction of sp³-hybridized carbons (Fsp3) is 0.533. The zero-order valence-electron chi connectivity index (χ0n) is 12.0. The van der Waals surface area contributed by atoms with Crippen LogP contribution in [0, 0.1) is 0 Å². The molecule has 0 aromatic heterocycles. The van der Waals surface area contributed by atoms with Gasteiger partial charge < -0.3 is 14.7 Å². The van der Waals surface area contributed by atoms with Crippen LogP contribution in [-0.2, 0) is 4.74 Å². The topological polar surface area (TPSA) is 49.8 Å². The zero-order valence-corrected chi connectivity index (χ0v) is 12.8. The highest BCUT2D eigenvalue weighted by Gasteiger charge is 2.32. The number of hydrogen-bond acceptors (Lipinski definition) is 3. The minimum Gasteiger partial charge on any atom is -0.508 e. The smallest absolute Gasteiger partial charge is 0.410 e. The van der Waals surface area contributed by atoms with Crippen LogP contribution >= 0.6 is 11.6 Å². The van der Waals surface area contributed by atoms with Crippen molar-refractivity contribution in [2.75, 3.05) is 13.1 Å². The van der Waals surface area contributed by atoms with Crippen molar-refractivity contribution in [2.45, 2.75) is 38.7 Å². The first-order valence-electron chi connectivity index (χ1n) is 6.73. The standard InChI is InChI=1S/C15H20ClNO3/c1-15(2,3)20-14(19)17-8-7-10(9-17)13-11(16)5-4-6-12(13)18/h4-6,10,18H,7-9H2,1-3H3. The van der Waals surface area contributed by atoms with E-state index in [4.69, 9.17) is 16.3 Å². The van der Waals surface area contributed by atoms with Crippen LogP contribution in [0.4, 0.5) is 4.79 Å². The number of carbonyl (C=O) groups excluding carboxylic acids is 1. The van der Waals surface area contributed by atoms with Crippen molar-refractivity contribution in [3.05, 3.63) is 28.8 Å². The highest BCUT2D eigenvalue weighted by Crippen LogP contribution is 2.38. The number of hydrogen-bond donors (Lipinski definition) is 1. The maximum Gasteiger partial charge on any atom is 0.410 e. The van der Waals surface area contributed by atoms with E-state index >= 15 is 0 Å². The number of benzene rings is 1. The van der Waals surface area contributed by atoms with Gasteiger partial charge in [-0.1, -0.05) is 17.7 Å². The molecule has 1 aromatic carbocycles. The van der Waals surface area contributed by atoms with Gasteiger partial charge in [-0.15, -0.1) is 0 Å². The molecular formula is C15H20ClNO3. The first-order valence-corrected chi connectivity index (χ1v) is 7.11. The van der Waals surface area contributed by atoms with E-state index in [0.29, 0.717) is 18.1 Å². The van der Waals surface area contributed by atoms with E-state index in [9.17, 15) is 9.90 Å². The van der Waals surface area contributed by atoms with Gasteiger partial charge in [-0.25, -0.2) is 4.79 Å². The van der Waals surface area contributed by atoms with E-state index in [0.717, 1.165) is 12.0 Å². The van der Waals surface area contributed by atoms with Gasteiger partial charge in [0.15, 0.2) is 0 Å². The van der Waals surface area contributed by atoms with Crippen molar-refractivity contribution in [3.8, 4) is 5.75 Å². The van der Waals surface area contributed by atoms with Crippen molar-refractivity contribution in [1.29, 1.82) is 0 Å². The SMILES string of the molecule is CC(C)(C)OC(=O)N1CCC(c2c(O)cccc2Cl)C1. The van der Waals surface area contributed by atoms with E-state index in [1.807, 2.05) is 20.8 Å². The minimum absolute atomic E-state index is 0.0521. The second-order valence-corrected chi connectivity index (χ2v) is 6.49. The summed E-state index contributed by atoms with van der Waals surface area (Å²) in [6.45, 7) is 6.67. The number of ether oxygens (including phenoxy) is 1. The van der Waals surface area contributed by atoms with Gasteiger partial charge in [0, 0.05) is 29.6 Å². The van der Waals surface area contributed by atoms with Crippen LogP contribution in [0.2, 0.25) is 5.02 Å². The highest BCUT2D eigenvalue weighted by molar-refractivity contribution is 6.31. The average molecular weight is 298 g/mol. The number of nitrogens with zero attached hydrogens (tertiary/aromatic N) is 1. The molecule has 1 aromatic rings. The largest absolute Gasteiger partial charge is 0.508 e. The minimum atomic E-state index is -0.498. The van der Waals surface area contributed by atoms with E-state index in [1.165, 1.54) is 0 Å². The first kappa shape index (κ1) is 15.0. The molecule has 0 spiro atoms. The zero-order chi connectivity index (χ0) is 14.9. The molecule has 1 atom stereocenters. The molecule has 0 aliphatic carbocycles. The summed E-state index contributed by atoms with van der Waals surface area (Å²) in [4.78, 5) is 13.7. The van der Waals surface area contributed by atoms with Crippen LogP contribution in [0.25, 0.3) is 0 Å². The molecule has 1 unspecified atom stereocenters. The van der Waals surface area contributed by atoms with Crippen LogP contribution in [0.5, 0.6) is 5.75 Å². The fourth-order valence-corrected chi connectivity index (χ4v) is 2.74. The van der Waals surface area contributed by atoms with E-state index < -0.39 is 5.60 Å². The van der Waals surface area contributed by atoms with Crippen molar-refractivity contribution in [1.82, 2.24) is 4.90 Å². The number of likely N-dealkylation sites (tertiary alicyclic amines) is 1. The Balaban J connectivity index is 2.08. The third-order valence-electron chi connectivity index (χ3n) is 3.28. The van der Waals surface area contributed by atoms with Crippen LogP contribution in [0.15, 0.2) is 18.2 Å². The molecule has 1 amide bonds. The van der Waals surface area contributed by atoms with Gasteiger partial charge in [-0.3, -0.25) is 0 Å². The Morgan fingerprint density at radius 1 is 1.45 bits per heavy atom. The molecule has 1 N–H and O–H groups in total. The molecule has 0 bridgehead atoms. The van der Waals surface area contributed by atoms with Gasteiger partial charge in [0.05, 0.1) is 0 Å². The highest BCUT2D eigenvalue weighted by atomic mass is 35.5. The second-order valence-electron chi connectivity index (χ2n) is 6.08. The maximum atomic E-state index is 12.0. The van der Waals surface area contributed by atoms with Crippen LogP contribution in [0.3, 0.4) is 0 Å². The number of phenols is 1. The molecule has 20 heavy (non-hydrogen) atoms. The molecule has 4 nitrogen and oxygen atoms in total. The van der Waals surface area contributed by atoms with Crippen molar-refractivity contribution in [2.24, 2.45) is 0 Å². The Morgan fingerprint density at radius 3 is 2.75 bits per heavy atom. The summed E-state index contributed by atoms with van der Waals surface area (Å²) >= 11 is 6.15. The van der Waals surface area contributed by atoms with Crippen LogP contribution < -0.4 is 0 Å². The number of aromatic hydroxyl groups is 1. The predicted octanol–water partition coefficient (Wildman–Crippen LogP) is 3.77. The fourth-order valence-electron chi connectivity index (χ4n) is 2.42. The molecule has 1 fully saturated rings. The van der Waals surface area contributed by atoms with Crippen molar-refractivity contribution < 1.29 is 14.6 Å². The Hall–Kier alpha value is -1.42. The van der Waals surface area contributed by atoms with Crippen LogP contribution in [-0.4, -0.2) is 34.8 Å². The summed E-state index contributed by atoms with van der Waals surface area (Å²) in [5.74, 6) is 0.241. The first-order chi connectivity index (χ1) is 9.28. The Kier molecular flexibility index (Phi) is 4.14. The lowest BCUT2D eigenvalue weighted by atomic mass is 9.97. The molecule has 110 valence electrons. The lowest BCUT2D eigenvalue weighted by Crippen LogP contribution is -2.35. The van der Waals surface area contributed by atoms with Gasteiger partial charge in [0.2, 0.25) is 0 Å². The number of phenolic OH excluding ortho intramolecular Hbond substituents is 1. The molecule has 0 saturated carbocycles. The summed E-state index contributed by atoms with van der Waals surface area (Å²) in [5.41, 5.74) is 0.224. The quantitative estimate of drug-likeness (QED) is 0.858. The maximum absolute atomic E-state index is 12.0. The molecule has 1 aliphatic rings. The van der Waals surface area contributed by atoms with E-state index in [2.05, 4.69) is 0 Å². The summed E-state index contributed by atoms with van der Waals surface area (Å²) in [6, 6.07) is 5.09. The van der Waals surface area contributed by atoms with Gasteiger partial charge in [-0.05, 0) is 39.3 Å². The summed E-state index contributed by atoms with van der Waals surface area (Å²) in [5, 5.41) is 10.5. The Morgan fingerprint density at radius 2 is 2.15 bits per heavy atom. The van der Waals surface area contributed by atoms with Gasteiger partial charge in [0.1, 0.15) is 11.4 Å². The number of carbonyl (C=O) groups is 1. The van der Waals surface area contributed by atoms with Gasteiger partial charge in [0.25, 0.3) is 0 Å². The van der Waals surface area contributed by atoms with Gasteiger partial charge >= 0.3 is 6.09 Å². The number of rotatable bonds is 1. The second kappa shape index (κ2) is 5.52. The molecule has 0 radical (unpaired) electrons. The molecule has 1 saturated heterocycles. The number of amides is 1. The average Bonchev–Trinajstić information content (AvgIpc) is 2.76. The molecule has 1 aliphatic heterocycles. The molecule has 5 heteroatoms. The molecule has 2 rings (SSSR count). The normalized spacial score (nSPS) is 19.2. The summed E-state index contributed by atoms with van der Waals surface area (Å²) in [7, 11) is 0. The Labute approximate surface area is 124 Å². The van der Waals surface area contributed by atoms with E-state index in [1.54, 1.807) is 23.1 Å². The third-order valence-corrected chi connectivity index (χ3v) is 3.61.